The summed E-state index contributed by atoms with van der Waals surface area (Å²) in [5.41, 5.74) is 8.03. The molecule has 1 aliphatic carbocycles. The van der Waals surface area contributed by atoms with Gasteiger partial charge >= 0.3 is 0 Å². The fourth-order valence-corrected chi connectivity index (χ4v) is 1.61. The molecule has 0 atom stereocenters. The van der Waals surface area contributed by atoms with Gasteiger partial charge in [-0.25, -0.2) is 4.98 Å². The summed E-state index contributed by atoms with van der Waals surface area (Å²) in [6, 6.07) is 0. The molecule has 0 saturated heterocycles. The van der Waals surface area contributed by atoms with E-state index in [1.807, 2.05) is 0 Å². The minimum Gasteiger partial charge on any atom is -0.346 e. The van der Waals surface area contributed by atoms with Crippen LogP contribution in [0.2, 0.25) is 0 Å². The van der Waals surface area contributed by atoms with Crippen LogP contribution >= 0.6 is 0 Å². The number of hydrogen-bond donors (Lipinski definition) is 2. The minimum atomic E-state index is 0.687. The number of fused-ring (bicyclic) bond motifs is 1. The van der Waals surface area contributed by atoms with E-state index in [1.165, 1.54) is 24.2 Å². The maximum absolute atomic E-state index is 5.42. The van der Waals surface area contributed by atoms with Crippen molar-refractivity contribution in [3.05, 3.63) is 17.2 Å². The van der Waals surface area contributed by atoms with Crippen LogP contribution in [0.4, 0.5) is 0 Å². The topological polar surface area (TPSA) is 54.7 Å². The SMILES string of the molecule is NCCc1nc2c([nH]1)CCC2. The van der Waals surface area contributed by atoms with Crippen LogP contribution in [0.3, 0.4) is 0 Å². The van der Waals surface area contributed by atoms with Gasteiger partial charge in [-0.15, -0.1) is 0 Å². The zero-order valence-corrected chi connectivity index (χ0v) is 6.56. The number of aromatic nitrogens is 2. The quantitative estimate of drug-likeness (QED) is 0.642. The largest absolute Gasteiger partial charge is 0.346 e. The van der Waals surface area contributed by atoms with Gasteiger partial charge in [0.05, 0.1) is 5.69 Å². The van der Waals surface area contributed by atoms with Crippen molar-refractivity contribution < 1.29 is 0 Å². The van der Waals surface area contributed by atoms with Crippen molar-refractivity contribution in [3.8, 4) is 0 Å². The zero-order chi connectivity index (χ0) is 7.68. The van der Waals surface area contributed by atoms with Crippen molar-refractivity contribution in [1.82, 2.24) is 9.97 Å². The Hall–Kier alpha value is -0.830. The number of H-pyrrole nitrogens is 1. The van der Waals surface area contributed by atoms with Crippen molar-refractivity contribution in [2.45, 2.75) is 25.7 Å². The van der Waals surface area contributed by atoms with Crippen molar-refractivity contribution in [2.24, 2.45) is 5.73 Å². The van der Waals surface area contributed by atoms with Gasteiger partial charge in [0.25, 0.3) is 0 Å². The lowest BCUT2D eigenvalue weighted by molar-refractivity contribution is 0.828. The van der Waals surface area contributed by atoms with E-state index in [-0.39, 0.29) is 0 Å². The van der Waals surface area contributed by atoms with Crippen LogP contribution in [0, 0.1) is 0 Å². The zero-order valence-electron chi connectivity index (χ0n) is 6.56. The third-order valence-electron chi connectivity index (χ3n) is 2.13. The lowest BCUT2D eigenvalue weighted by Crippen LogP contribution is -2.04. The Balaban J connectivity index is 2.20. The Kier molecular flexibility index (Phi) is 1.66. The Morgan fingerprint density at radius 2 is 2.36 bits per heavy atom. The summed E-state index contributed by atoms with van der Waals surface area (Å²) in [7, 11) is 0. The molecule has 0 radical (unpaired) electrons. The predicted molar refractivity (Wildman–Crippen MR) is 43.4 cm³/mol. The van der Waals surface area contributed by atoms with E-state index in [0.29, 0.717) is 6.54 Å². The molecular formula is C8H13N3. The molecule has 1 aromatic heterocycles. The highest BCUT2D eigenvalue weighted by Crippen LogP contribution is 2.18. The molecule has 3 N–H and O–H groups in total. The lowest BCUT2D eigenvalue weighted by Gasteiger charge is -1.90. The first-order valence-corrected chi connectivity index (χ1v) is 4.17. The Labute approximate surface area is 66.0 Å². The van der Waals surface area contributed by atoms with Gasteiger partial charge in [0.1, 0.15) is 5.82 Å². The van der Waals surface area contributed by atoms with Crippen LogP contribution in [0.15, 0.2) is 0 Å². The van der Waals surface area contributed by atoms with Gasteiger partial charge in [0.2, 0.25) is 0 Å². The standard InChI is InChI=1S/C8H13N3/c9-5-4-8-10-6-2-1-3-7(6)11-8/h1-5,9H2,(H,10,11). The van der Waals surface area contributed by atoms with E-state index in [2.05, 4.69) is 9.97 Å². The van der Waals surface area contributed by atoms with E-state index in [4.69, 9.17) is 5.73 Å². The summed E-state index contributed by atoms with van der Waals surface area (Å²) >= 11 is 0. The molecule has 0 saturated carbocycles. The number of rotatable bonds is 2. The van der Waals surface area contributed by atoms with Crippen molar-refractivity contribution in [2.75, 3.05) is 6.54 Å². The van der Waals surface area contributed by atoms with Gasteiger partial charge in [0, 0.05) is 12.1 Å². The molecule has 0 unspecified atom stereocenters. The Morgan fingerprint density at radius 1 is 1.45 bits per heavy atom. The molecule has 0 aliphatic heterocycles. The van der Waals surface area contributed by atoms with Crippen molar-refractivity contribution >= 4 is 0 Å². The van der Waals surface area contributed by atoms with E-state index < -0.39 is 0 Å². The predicted octanol–water partition coefficient (Wildman–Crippen LogP) is 0.400. The summed E-state index contributed by atoms with van der Waals surface area (Å²) < 4.78 is 0. The monoisotopic (exact) mass is 151 g/mol. The minimum absolute atomic E-state index is 0.687. The van der Waals surface area contributed by atoms with Crippen LogP contribution in [0.1, 0.15) is 23.6 Å². The van der Waals surface area contributed by atoms with E-state index >= 15 is 0 Å². The summed E-state index contributed by atoms with van der Waals surface area (Å²) in [4.78, 5) is 7.75. The summed E-state index contributed by atoms with van der Waals surface area (Å²) in [5, 5.41) is 0. The molecule has 60 valence electrons. The van der Waals surface area contributed by atoms with Gasteiger partial charge < -0.3 is 10.7 Å². The first-order valence-electron chi connectivity index (χ1n) is 4.17. The molecule has 0 aromatic carbocycles. The van der Waals surface area contributed by atoms with E-state index in [9.17, 15) is 0 Å². The fourth-order valence-electron chi connectivity index (χ4n) is 1.61. The second kappa shape index (κ2) is 2.66. The van der Waals surface area contributed by atoms with Crippen LogP contribution < -0.4 is 5.73 Å². The highest BCUT2D eigenvalue weighted by atomic mass is 14.9. The molecule has 1 aromatic rings. The number of nitrogens with two attached hydrogens (primary N) is 1. The maximum Gasteiger partial charge on any atom is 0.107 e. The van der Waals surface area contributed by atoms with Crippen molar-refractivity contribution in [1.29, 1.82) is 0 Å². The molecule has 11 heavy (non-hydrogen) atoms. The first kappa shape index (κ1) is 6.85. The average molecular weight is 151 g/mol. The van der Waals surface area contributed by atoms with Gasteiger partial charge in [0.15, 0.2) is 0 Å². The number of imidazole rings is 1. The smallest absolute Gasteiger partial charge is 0.107 e. The molecule has 0 amide bonds. The molecule has 0 bridgehead atoms. The van der Waals surface area contributed by atoms with Crippen LogP contribution in [0.25, 0.3) is 0 Å². The van der Waals surface area contributed by atoms with Crippen LogP contribution in [-0.4, -0.2) is 16.5 Å². The third kappa shape index (κ3) is 1.16. The second-order valence-corrected chi connectivity index (χ2v) is 3.00. The second-order valence-electron chi connectivity index (χ2n) is 3.00. The highest BCUT2D eigenvalue weighted by Gasteiger charge is 2.14. The van der Waals surface area contributed by atoms with Gasteiger partial charge in [-0.3, -0.25) is 0 Å². The molecule has 2 rings (SSSR count). The normalized spacial score (nSPS) is 15.4. The number of nitrogens with zero attached hydrogens (tertiary/aromatic N) is 1. The van der Waals surface area contributed by atoms with E-state index in [0.717, 1.165) is 18.7 Å². The maximum atomic E-state index is 5.42. The molecule has 3 heteroatoms. The molecular weight excluding hydrogens is 138 g/mol. The summed E-state index contributed by atoms with van der Waals surface area (Å²) in [5.74, 6) is 1.07. The number of hydrogen-bond acceptors (Lipinski definition) is 2. The molecule has 1 heterocycles. The van der Waals surface area contributed by atoms with E-state index in [1.54, 1.807) is 0 Å². The van der Waals surface area contributed by atoms with Gasteiger partial charge in [-0.1, -0.05) is 0 Å². The molecule has 3 nitrogen and oxygen atoms in total. The van der Waals surface area contributed by atoms with Gasteiger partial charge in [-0.05, 0) is 25.8 Å². The molecule has 0 spiro atoms. The Morgan fingerprint density at radius 3 is 3.09 bits per heavy atom. The first-order chi connectivity index (χ1) is 5.40. The highest BCUT2D eigenvalue weighted by molar-refractivity contribution is 5.19. The van der Waals surface area contributed by atoms with Crippen LogP contribution in [0.5, 0.6) is 0 Å². The number of aryl methyl sites for hydroxylation is 2. The molecule has 1 aliphatic rings. The fraction of sp³-hybridized carbons (Fsp3) is 0.625. The lowest BCUT2D eigenvalue weighted by atomic mass is 10.3. The number of aromatic amines is 1. The Bertz CT molecular complexity index is 230. The van der Waals surface area contributed by atoms with Gasteiger partial charge in [-0.2, -0.15) is 0 Å². The number of nitrogens with one attached hydrogen (secondary N) is 1. The summed E-state index contributed by atoms with van der Waals surface area (Å²) in [6.07, 6.45) is 4.47. The van der Waals surface area contributed by atoms with Crippen molar-refractivity contribution in [3.63, 3.8) is 0 Å². The van der Waals surface area contributed by atoms with Crippen LogP contribution in [-0.2, 0) is 19.3 Å². The average Bonchev–Trinajstić information content (AvgIpc) is 2.46. The third-order valence-corrected chi connectivity index (χ3v) is 2.13. The molecule has 0 fully saturated rings. The summed E-state index contributed by atoms with van der Waals surface area (Å²) in [6.45, 7) is 0.687.